The molecule has 0 atom stereocenters. The molecule has 0 unspecified atom stereocenters. The number of carbonyl (C=O) groups excluding carboxylic acids is 1. The van der Waals surface area contributed by atoms with Gasteiger partial charge in [0.05, 0.1) is 5.75 Å². The number of H-pyrrole nitrogens is 1. The van der Waals surface area contributed by atoms with Crippen molar-refractivity contribution in [3.63, 3.8) is 0 Å². The van der Waals surface area contributed by atoms with E-state index in [0.717, 1.165) is 10.4 Å². The van der Waals surface area contributed by atoms with Gasteiger partial charge in [0.1, 0.15) is 0 Å². The number of rotatable bonds is 1. The van der Waals surface area contributed by atoms with Crippen LogP contribution in [-0.4, -0.2) is 35.9 Å². The third kappa shape index (κ3) is 2.23. The third-order valence-electron chi connectivity index (χ3n) is 2.55. The summed E-state index contributed by atoms with van der Waals surface area (Å²) in [6.07, 6.45) is 0.441. The standard InChI is InChI=1S/C10H12N2O4S/c1-7-5-8(6-9(13)11-7)10(14)12-3-2-4-17(12,15)16/h5-6H,2-4H2,1H3,(H,11,13). The van der Waals surface area contributed by atoms with Crippen molar-refractivity contribution >= 4 is 15.9 Å². The van der Waals surface area contributed by atoms with Crippen molar-refractivity contribution in [3.8, 4) is 0 Å². The molecule has 0 radical (unpaired) electrons. The highest BCUT2D eigenvalue weighted by atomic mass is 32.2. The molecule has 6 nitrogen and oxygen atoms in total. The van der Waals surface area contributed by atoms with Crippen molar-refractivity contribution in [1.29, 1.82) is 0 Å². The SMILES string of the molecule is Cc1cc(C(=O)N2CCCS2(=O)=O)cc(=O)[nH]1. The lowest BCUT2D eigenvalue weighted by Gasteiger charge is -2.14. The largest absolute Gasteiger partial charge is 0.326 e. The maximum Gasteiger partial charge on any atom is 0.267 e. The van der Waals surface area contributed by atoms with Crippen molar-refractivity contribution in [2.24, 2.45) is 0 Å². The first-order chi connectivity index (χ1) is 7.90. The van der Waals surface area contributed by atoms with Gasteiger partial charge in [0.2, 0.25) is 15.6 Å². The molecule has 92 valence electrons. The Morgan fingerprint density at radius 2 is 2.12 bits per heavy atom. The van der Waals surface area contributed by atoms with Crippen LogP contribution in [0.4, 0.5) is 0 Å². The summed E-state index contributed by atoms with van der Waals surface area (Å²) >= 11 is 0. The van der Waals surface area contributed by atoms with Crippen LogP contribution in [0.1, 0.15) is 22.5 Å². The van der Waals surface area contributed by atoms with Crippen LogP contribution in [0.5, 0.6) is 0 Å². The van der Waals surface area contributed by atoms with E-state index in [0.29, 0.717) is 12.1 Å². The molecule has 0 aromatic carbocycles. The Labute approximate surface area is 98.3 Å². The van der Waals surface area contributed by atoms with Gasteiger partial charge in [-0.25, -0.2) is 12.7 Å². The fraction of sp³-hybridized carbons (Fsp3) is 0.400. The first-order valence-electron chi connectivity index (χ1n) is 5.16. The van der Waals surface area contributed by atoms with E-state index in [2.05, 4.69) is 4.98 Å². The summed E-state index contributed by atoms with van der Waals surface area (Å²) in [5.41, 5.74) is 0.221. The molecule has 0 aliphatic carbocycles. The lowest BCUT2D eigenvalue weighted by atomic mass is 10.2. The van der Waals surface area contributed by atoms with Gasteiger partial charge < -0.3 is 4.98 Å². The molecule has 2 rings (SSSR count). The van der Waals surface area contributed by atoms with Gasteiger partial charge in [0.25, 0.3) is 5.91 Å². The molecule has 1 aromatic rings. The van der Waals surface area contributed by atoms with Gasteiger partial charge in [-0.2, -0.15) is 0 Å². The predicted octanol–water partition coefficient (Wildman–Crippen LogP) is -0.141. The molecule has 7 heteroatoms. The Kier molecular flexibility index (Phi) is 2.78. The second kappa shape index (κ2) is 3.99. The molecule has 1 aliphatic rings. The number of nitrogens with zero attached hydrogens (tertiary/aromatic N) is 1. The van der Waals surface area contributed by atoms with E-state index >= 15 is 0 Å². The van der Waals surface area contributed by atoms with E-state index in [9.17, 15) is 18.0 Å². The summed E-state index contributed by atoms with van der Waals surface area (Å²) in [5, 5.41) is 0. The van der Waals surface area contributed by atoms with E-state index < -0.39 is 21.5 Å². The van der Waals surface area contributed by atoms with Crippen molar-refractivity contribution < 1.29 is 13.2 Å². The minimum Gasteiger partial charge on any atom is -0.326 e. The second-order valence-corrected chi connectivity index (χ2v) is 5.98. The van der Waals surface area contributed by atoms with Crippen molar-refractivity contribution in [3.05, 3.63) is 33.7 Å². The topological polar surface area (TPSA) is 87.3 Å². The predicted molar refractivity (Wildman–Crippen MR) is 61.2 cm³/mol. The Bertz CT molecular complexity index is 617. The molecule has 0 saturated carbocycles. The van der Waals surface area contributed by atoms with E-state index in [-0.39, 0.29) is 17.9 Å². The number of hydrogen-bond donors (Lipinski definition) is 1. The normalized spacial score (nSPS) is 18.3. The highest BCUT2D eigenvalue weighted by Crippen LogP contribution is 2.16. The number of nitrogens with one attached hydrogen (secondary N) is 1. The van der Waals surface area contributed by atoms with E-state index in [4.69, 9.17) is 0 Å². The molecule has 1 fully saturated rings. The molecule has 17 heavy (non-hydrogen) atoms. The van der Waals surface area contributed by atoms with Crippen LogP contribution in [0, 0.1) is 6.92 Å². The van der Waals surface area contributed by atoms with Gasteiger partial charge >= 0.3 is 0 Å². The van der Waals surface area contributed by atoms with Gasteiger partial charge in [-0.1, -0.05) is 0 Å². The molecule has 1 saturated heterocycles. The maximum atomic E-state index is 12.0. The zero-order valence-electron chi connectivity index (χ0n) is 9.26. The van der Waals surface area contributed by atoms with Crippen LogP contribution in [-0.2, 0) is 10.0 Å². The van der Waals surface area contributed by atoms with E-state index in [1.165, 1.54) is 6.07 Å². The number of aromatic amines is 1. The molecular weight excluding hydrogens is 244 g/mol. The zero-order chi connectivity index (χ0) is 12.6. The first kappa shape index (κ1) is 11.8. The Balaban J connectivity index is 2.41. The van der Waals surface area contributed by atoms with Crippen molar-refractivity contribution in [1.82, 2.24) is 9.29 Å². The summed E-state index contributed by atoms with van der Waals surface area (Å²) in [4.78, 5) is 25.7. The van der Waals surface area contributed by atoms with Crippen molar-refractivity contribution in [2.45, 2.75) is 13.3 Å². The number of pyridine rings is 1. The molecule has 2 heterocycles. The molecule has 1 N–H and O–H groups in total. The van der Waals surface area contributed by atoms with E-state index in [1.807, 2.05) is 0 Å². The van der Waals surface area contributed by atoms with Crippen LogP contribution >= 0.6 is 0 Å². The molecule has 0 spiro atoms. The number of aryl methyl sites for hydroxylation is 1. The Morgan fingerprint density at radius 3 is 2.65 bits per heavy atom. The summed E-state index contributed by atoms with van der Waals surface area (Å²) in [7, 11) is -3.49. The van der Waals surface area contributed by atoms with Gasteiger partial charge in [-0.3, -0.25) is 9.59 Å². The maximum absolute atomic E-state index is 12.0. The van der Waals surface area contributed by atoms with Crippen LogP contribution < -0.4 is 5.56 Å². The van der Waals surface area contributed by atoms with Crippen LogP contribution in [0.2, 0.25) is 0 Å². The highest BCUT2D eigenvalue weighted by Gasteiger charge is 2.33. The van der Waals surface area contributed by atoms with E-state index in [1.54, 1.807) is 6.92 Å². The van der Waals surface area contributed by atoms with Gasteiger partial charge in [0, 0.05) is 23.9 Å². The van der Waals surface area contributed by atoms with Gasteiger partial charge in [0.15, 0.2) is 0 Å². The second-order valence-electron chi connectivity index (χ2n) is 3.96. The molecule has 1 aromatic heterocycles. The van der Waals surface area contributed by atoms with Crippen molar-refractivity contribution in [2.75, 3.05) is 12.3 Å². The number of hydrogen-bond acceptors (Lipinski definition) is 4. The minimum atomic E-state index is -3.49. The average molecular weight is 256 g/mol. The first-order valence-corrected chi connectivity index (χ1v) is 6.77. The summed E-state index contributed by atoms with van der Waals surface area (Å²) in [6, 6.07) is 2.58. The Hall–Kier alpha value is -1.63. The number of sulfonamides is 1. The Morgan fingerprint density at radius 1 is 1.41 bits per heavy atom. The molecule has 1 amide bonds. The third-order valence-corrected chi connectivity index (χ3v) is 4.38. The highest BCUT2D eigenvalue weighted by molar-refractivity contribution is 7.89. The van der Waals surface area contributed by atoms with Crippen LogP contribution in [0.25, 0.3) is 0 Å². The molecular formula is C10H12N2O4S. The van der Waals surface area contributed by atoms with Gasteiger partial charge in [-0.15, -0.1) is 0 Å². The number of amides is 1. The average Bonchev–Trinajstić information content (AvgIpc) is 2.55. The number of aromatic nitrogens is 1. The fourth-order valence-corrected chi connectivity index (χ4v) is 3.30. The zero-order valence-corrected chi connectivity index (χ0v) is 10.1. The summed E-state index contributed by atoms with van der Waals surface area (Å²) in [6.45, 7) is 1.82. The lowest BCUT2D eigenvalue weighted by Crippen LogP contribution is -2.33. The smallest absolute Gasteiger partial charge is 0.267 e. The molecule has 0 bridgehead atoms. The summed E-state index contributed by atoms with van der Waals surface area (Å²) < 4.78 is 24.0. The van der Waals surface area contributed by atoms with Gasteiger partial charge in [-0.05, 0) is 19.4 Å². The monoisotopic (exact) mass is 256 g/mol. The van der Waals surface area contributed by atoms with Crippen LogP contribution in [0.3, 0.4) is 0 Å². The van der Waals surface area contributed by atoms with Crippen LogP contribution in [0.15, 0.2) is 16.9 Å². The molecule has 1 aliphatic heterocycles. The quantitative estimate of drug-likeness (QED) is 0.757. The number of carbonyl (C=O) groups is 1. The summed E-state index contributed by atoms with van der Waals surface area (Å²) in [5.74, 6) is -0.641. The lowest BCUT2D eigenvalue weighted by molar-refractivity contribution is 0.0869. The fourth-order valence-electron chi connectivity index (χ4n) is 1.82. The minimum absolute atomic E-state index is 0.0130.